The van der Waals surface area contributed by atoms with Crippen molar-refractivity contribution >= 4 is 34.6 Å². The van der Waals surface area contributed by atoms with Crippen molar-refractivity contribution < 1.29 is 0 Å². The van der Waals surface area contributed by atoms with Gasteiger partial charge in [-0.2, -0.15) is 3.64 Å². The average molecular weight is 220 g/mol. The van der Waals surface area contributed by atoms with E-state index in [1.54, 1.807) is 0 Å². The molecule has 2 nitrogen and oxygen atoms in total. The SMILES string of the molecule is CCN(Cl)NI. The fourth-order valence-electron chi connectivity index (χ4n) is 0.0598. The number of hydrogen-bond acceptors (Lipinski definition) is 2. The van der Waals surface area contributed by atoms with E-state index in [-0.39, 0.29) is 0 Å². The molecule has 0 aliphatic carbocycles. The van der Waals surface area contributed by atoms with Crippen LogP contribution in [0.4, 0.5) is 0 Å². The Hall–Kier alpha value is 0.940. The molecule has 0 aromatic carbocycles. The molecule has 4 heteroatoms. The first-order valence-corrected chi connectivity index (χ1v) is 3.02. The van der Waals surface area contributed by atoms with E-state index in [1.807, 2.05) is 29.8 Å². The summed E-state index contributed by atoms with van der Waals surface area (Å²) in [4.78, 5) is 0. The highest BCUT2D eigenvalue weighted by atomic mass is 127. The molecule has 0 heterocycles. The molecule has 0 rings (SSSR count). The van der Waals surface area contributed by atoms with Gasteiger partial charge in [-0.1, -0.05) is 0 Å². The molecule has 0 aliphatic rings. The molecule has 0 unspecified atom stereocenters. The molecule has 0 saturated heterocycles. The normalized spacial score (nSPS) is 10.0. The lowest BCUT2D eigenvalue weighted by Gasteiger charge is -2.02. The van der Waals surface area contributed by atoms with Gasteiger partial charge in [0.25, 0.3) is 0 Å². The topological polar surface area (TPSA) is 15.3 Å². The van der Waals surface area contributed by atoms with Crippen molar-refractivity contribution in [1.82, 2.24) is 8.17 Å². The summed E-state index contributed by atoms with van der Waals surface area (Å²) in [5.41, 5.74) is 0. The van der Waals surface area contributed by atoms with Gasteiger partial charge in [-0.3, -0.25) is 0 Å². The van der Waals surface area contributed by atoms with Gasteiger partial charge in [0, 0.05) is 29.4 Å². The zero-order chi connectivity index (χ0) is 4.99. The first-order chi connectivity index (χ1) is 2.81. The van der Waals surface area contributed by atoms with Crippen molar-refractivity contribution in [3.05, 3.63) is 0 Å². The molecule has 0 spiro atoms. The summed E-state index contributed by atoms with van der Waals surface area (Å²) < 4.78 is 4.14. The van der Waals surface area contributed by atoms with Crippen LogP contribution in [0, 0.1) is 0 Å². The smallest absolute Gasteiger partial charge is 0.0348 e. The van der Waals surface area contributed by atoms with Crippen molar-refractivity contribution in [3.8, 4) is 0 Å². The Morgan fingerprint density at radius 2 is 2.50 bits per heavy atom. The average Bonchev–Trinajstić information content (AvgIpc) is 1.65. The third-order valence-electron chi connectivity index (χ3n) is 0.369. The molecule has 6 heavy (non-hydrogen) atoms. The van der Waals surface area contributed by atoms with Gasteiger partial charge in [-0.15, -0.1) is 4.53 Å². The molecule has 0 atom stereocenters. The van der Waals surface area contributed by atoms with Crippen LogP contribution in [0.15, 0.2) is 0 Å². The quantitative estimate of drug-likeness (QED) is 0.429. The second-order valence-electron chi connectivity index (χ2n) is 0.763. The van der Waals surface area contributed by atoms with Gasteiger partial charge in [0.2, 0.25) is 0 Å². The van der Waals surface area contributed by atoms with E-state index in [4.69, 9.17) is 11.8 Å². The number of rotatable bonds is 2. The molecule has 0 amide bonds. The van der Waals surface area contributed by atoms with E-state index in [0.29, 0.717) is 0 Å². The minimum Gasteiger partial charge on any atom is -0.181 e. The molecule has 1 N–H and O–H groups in total. The standard InChI is InChI=1S/C2H6ClIN2/c1-2-6(3)5-4/h5H,2H2,1H3. The Bertz CT molecular complexity index is 30.7. The van der Waals surface area contributed by atoms with Crippen molar-refractivity contribution in [1.29, 1.82) is 0 Å². The van der Waals surface area contributed by atoms with Gasteiger partial charge in [-0.05, 0) is 18.7 Å². The lowest BCUT2D eigenvalue weighted by Crippen LogP contribution is -2.18. The highest BCUT2D eigenvalue weighted by Gasteiger charge is 1.85. The molecular weight excluding hydrogens is 214 g/mol. The largest absolute Gasteiger partial charge is 0.181 e. The van der Waals surface area contributed by atoms with Gasteiger partial charge < -0.3 is 0 Å². The maximum absolute atomic E-state index is 5.36. The van der Waals surface area contributed by atoms with E-state index >= 15 is 0 Å². The van der Waals surface area contributed by atoms with E-state index in [2.05, 4.69) is 3.64 Å². The first-order valence-electron chi connectivity index (χ1n) is 1.60. The lowest BCUT2D eigenvalue weighted by molar-refractivity contribution is 0.477. The molecule has 38 valence electrons. The molecule has 0 aromatic rings. The molecule has 0 aliphatic heterocycles. The van der Waals surface area contributed by atoms with Gasteiger partial charge in [0.1, 0.15) is 0 Å². The summed E-state index contributed by atoms with van der Waals surface area (Å²) in [6, 6.07) is 0. The van der Waals surface area contributed by atoms with E-state index < -0.39 is 0 Å². The van der Waals surface area contributed by atoms with Crippen LogP contribution in [0.3, 0.4) is 0 Å². The number of nitrogens with zero attached hydrogens (tertiary/aromatic N) is 1. The van der Waals surface area contributed by atoms with Gasteiger partial charge in [0.15, 0.2) is 0 Å². The number of hydrazine groups is 1. The van der Waals surface area contributed by atoms with Crippen LogP contribution in [-0.4, -0.2) is 11.1 Å². The van der Waals surface area contributed by atoms with Gasteiger partial charge in [-0.25, -0.2) is 0 Å². The minimum atomic E-state index is 0.810. The summed E-state index contributed by atoms with van der Waals surface area (Å²) >= 11 is 7.32. The number of halogens is 2. The minimum absolute atomic E-state index is 0.810. The summed E-state index contributed by atoms with van der Waals surface area (Å²) in [5.74, 6) is 0. The second kappa shape index (κ2) is 4.11. The second-order valence-corrected chi connectivity index (χ2v) is 1.65. The highest BCUT2D eigenvalue weighted by Crippen LogP contribution is 1.86. The van der Waals surface area contributed by atoms with Crippen molar-refractivity contribution in [2.75, 3.05) is 6.54 Å². The maximum atomic E-state index is 5.36. The maximum Gasteiger partial charge on any atom is 0.0348 e. The van der Waals surface area contributed by atoms with E-state index in [0.717, 1.165) is 6.54 Å². The van der Waals surface area contributed by atoms with Crippen molar-refractivity contribution in [3.63, 3.8) is 0 Å². The van der Waals surface area contributed by atoms with Gasteiger partial charge in [0.05, 0.1) is 0 Å². The lowest BCUT2D eigenvalue weighted by atomic mass is 10.8. The fourth-order valence-corrected chi connectivity index (χ4v) is 0.401. The zero-order valence-corrected chi connectivity index (χ0v) is 6.32. The van der Waals surface area contributed by atoms with Crippen LogP contribution < -0.4 is 3.64 Å². The van der Waals surface area contributed by atoms with E-state index in [9.17, 15) is 0 Å². The van der Waals surface area contributed by atoms with Crippen molar-refractivity contribution in [2.24, 2.45) is 0 Å². The Kier molecular flexibility index (Phi) is 4.75. The summed E-state index contributed by atoms with van der Waals surface area (Å²) in [6.45, 7) is 2.77. The van der Waals surface area contributed by atoms with Crippen LogP contribution in [0.25, 0.3) is 0 Å². The summed E-state index contributed by atoms with van der Waals surface area (Å²) in [7, 11) is 0. The third-order valence-corrected chi connectivity index (χ3v) is 1.56. The van der Waals surface area contributed by atoms with Crippen LogP contribution in [0.1, 0.15) is 6.92 Å². The predicted molar refractivity (Wildman–Crippen MR) is 35.4 cm³/mol. The van der Waals surface area contributed by atoms with Crippen LogP contribution in [0.5, 0.6) is 0 Å². The third kappa shape index (κ3) is 3.14. The Labute approximate surface area is 56.4 Å². The monoisotopic (exact) mass is 220 g/mol. The zero-order valence-electron chi connectivity index (χ0n) is 3.41. The summed E-state index contributed by atoms with van der Waals surface area (Å²) in [5, 5.41) is 0. The van der Waals surface area contributed by atoms with Crippen LogP contribution >= 0.6 is 34.6 Å². The Morgan fingerprint density at radius 1 is 2.00 bits per heavy atom. The molecule has 0 saturated carbocycles. The number of hydrogen-bond donors (Lipinski definition) is 1. The van der Waals surface area contributed by atoms with Crippen molar-refractivity contribution in [2.45, 2.75) is 6.92 Å². The van der Waals surface area contributed by atoms with Crippen LogP contribution in [0.2, 0.25) is 0 Å². The Morgan fingerprint density at radius 3 is 2.50 bits per heavy atom. The molecule has 0 radical (unpaired) electrons. The Balaban J connectivity index is 2.75. The highest BCUT2D eigenvalue weighted by molar-refractivity contribution is 14.1. The molecule has 0 fully saturated rings. The predicted octanol–water partition coefficient (Wildman–Crippen LogP) is 1.32. The molecule has 0 bridgehead atoms. The molecular formula is C2H6ClIN2. The fraction of sp³-hybridized carbons (Fsp3) is 1.00. The molecule has 0 aromatic heterocycles. The summed E-state index contributed by atoms with van der Waals surface area (Å²) in [6.07, 6.45) is 0. The van der Waals surface area contributed by atoms with Crippen LogP contribution in [-0.2, 0) is 0 Å². The van der Waals surface area contributed by atoms with E-state index in [1.165, 1.54) is 4.53 Å². The number of nitrogens with one attached hydrogen (secondary N) is 1. The van der Waals surface area contributed by atoms with Gasteiger partial charge >= 0.3 is 0 Å². The first kappa shape index (κ1) is 6.94.